The van der Waals surface area contributed by atoms with Gasteiger partial charge < -0.3 is 20.3 Å². The molecule has 6 heteroatoms. The molecule has 0 bridgehead atoms. The van der Waals surface area contributed by atoms with Crippen LogP contribution < -0.4 is 5.73 Å². The number of hydrogen-bond acceptors (Lipinski definition) is 4. The second kappa shape index (κ2) is 7.94. The van der Waals surface area contributed by atoms with Crippen LogP contribution in [0, 0.1) is 5.92 Å². The summed E-state index contributed by atoms with van der Waals surface area (Å²) in [7, 11) is 4.01. The molecule has 1 aliphatic rings. The number of carbonyl (C=O) groups excluding carboxylic acids is 1. The lowest BCUT2D eigenvalue weighted by atomic mass is 10.0. The molecule has 0 aromatic carbocycles. The molecule has 18 heavy (non-hydrogen) atoms. The standard InChI is InChI=1S/C12H25N3O2.ClH/c1-9(2)11(13)12(16)15-5-6-17-10(8-15)7-14(3)4;/h9-11H,5-8,13H2,1-4H3;1H/t10?,11-;/m0./s1. The fourth-order valence-electron chi connectivity index (χ4n) is 1.93. The monoisotopic (exact) mass is 279 g/mol. The van der Waals surface area contributed by atoms with Crippen molar-refractivity contribution < 1.29 is 9.53 Å². The first-order chi connectivity index (χ1) is 7.91. The molecule has 5 nitrogen and oxygen atoms in total. The number of halogens is 1. The number of ether oxygens (including phenoxy) is 1. The summed E-state index contributed by atoms with van der Waals surface area (Å²) >= 11 is 0. The van der Waals surface area contributed by atoms with Crippen LogP contribution in [0.15, 0.2) is 0 Å². The predicted molar refractivity (Wildman–Crippen MR) is 74.9 cm³/mol. The van der Waals surface area contributed by atoms with Gasteiger partial charge in [0, 0.05) is 19.6 Å². The van der Waals surface area contributed by atoms with Crippen LogP contribution in [-0.2, 0) is 9.53 Å². The fourth-order valence-corrected chi connectivity index (χ4v) is 1.93. The zero-order valence-corrected chi connectivity index (χ0v) is 12.6. The molecular formula is C12H26ClN3O2. The highest BCUT2D eigenvalue weighted by Gasteiger charge is 2.28. The molecule has 2 N–H and O–H groups in total. The molecule has 0 saturated carbocycles. The SMILES string of the molecule is CC(C)[C@H](N)C(=O)N1CCOC(CN(C)C)C1.Cl. The molecule has 0 radical (unpaired) electrons. The summed E-state index contributed by atoms with van der Waals surface area (Å²) in [5, 5.41) is 0. The van der Waals surface area contributed by atoms with Crippen LogP contribution in [0.5, 0.6) is 0 Å². The molecule has 0 aliphatic carbocycles. The van der Waals surface area contributed by atoms with Crippen LogP contribution in [0.4, 0.5) is 0 Å². The lowest BCUT2D eigenvalue weighted by Crippen LogP contribution is -2.54. The normalized spacial score (nSPS) is 21.9. The number of amides is 1. The molecular weight excluding hydrogens is 254 g/mol. The summed E-state index contributed by atoms with van der Waals surface area (Å²) in [6.45, 7) is 6.69. The second-order valence-corrected chi connectivity index (χ2v) is 5.31. The van der Waals surface area contributed by atoms with Crippen LogP contribution in [-0.4, -0.2) is 68.2 Å². The molecule has 1 unspecified atom stereocenters. The van der Waals surface area contributed by atoms with E-state index >= 15 is 0 Å². The van der Waals surface area contributed by atoms with Crippen LogP contribution >= 0.6 is 12.4 Å². The Morgan fingerprint density at radius 1 is 1.50 bits per heavy atom. The maximum Gasteiger partial charge on any atom is 0.239 e. The van der Waals surface area contributed by atoms with Crippen molar-refractivity contribution >= 4 is 18.3 Å². The maximum absolute atomic E-state index is 12.1. The summed E-state index contributed by atoms with van der Waals surface area (Å²) in [5.41, 5.74) is 5.90. The molecule has 1 rings (SSSR count). The lowest BCUT2D eigenvalue weighted by molar-refractivity contribution is -0.141. The molecule has 1 fully saturated rings. The maximum atomic E-state index is 12.1. The summed E-state index contributed by atoms with van der Waals surface area (Å²) in [6, 6.07) is -0.395. The third-order valence-corrected chi connectivity index (χ3v) is 3.02. The van der Waals surface area contributed by atoms with Gasteiger partial charge in [-0.15, -0.1) is 12.4 Å². The molecule has 1 aliphatic heterocycles. The first kappa shape index (κ1) is 17.6. The van der Waals surface area contributed by atoms with Crippen molar-refractivity contribution in [2.24, 2.45) is 11.7 Å². The highest BCUT2D eigenvalue weighted by Crippen LogP contribution is 2.10. The van der Waals surface area contributed by atoms with Crippen molar-refractivity contribution in [2.45, 2.75) is 26.0 Å². The van der Waals surface area contributed by atoms with Crippen LogP contribution in [0.25, 0.3) is 0 Å². The van der Waals surface area contributed by atoms with E-state index in [4.69, 9.17) is 10.5 Å². The van der Waals surface area contributed by atoms with Gasteiger partial charge in [0.2, 0.25) is 5.91 Å². The van der Waals surface area contributed by atoms with Gasteiger partial charge in [0.05, 0.1) is 18.8 Å². The van der Waals surface area contributed by atoms with Crippen molar-refractivity contribution in [3.05, 3.63) is 0 Å². The molecule has 1 heterocycles. The highest BCUT2D eigenvalue weighted by atomic mass is 35.5. The van der Waals surface area contributed by atoms with Gasteiger partial charge in [-0.2, -0.15) is 0 Å². The predicted octanol–water partition coefficient (Wildman–Crippen LogP) is 0.181. The lowest BCUT2D eigenvalue weighted by Gasteiger charge is -2.36. The van der Waals surface area contributed by atoms with Crippen LogP contribution in [0.3, 0.4) is 0 Å². The highest BCUT2D eigenvalue weighted by molar-refractivity contribution is 5.85. The van der Waals surface area contributed by atoms with E-state index in [1.807, 2.05) is 32.8 Å². The summed E-state index contributed by atoms with van der Waals surface area (Å²) in [6.07, 6.45) is 0.0991. The molecule has 1 saturated heterocycles. The first-order valence-corrected chi connectivity index (χ1v) is 6.22. The van der Waals surface area contributed by atoms with Crippen molar-refractivity contribution in [3.8, 4) is 0 Å². The zero-order chi connectivity index (χ0) is 13.0. The topological polar surface area (TPSA) is 58.8 Å². The average molecular weight is 280 g/mol. The smallest absolute Gasteiger partial charge is 0.239 e. The third-order valence-electron chi connectivity index (χ3n) is 3.02. The van der Waals surface area contributed by atoms with Gasteiger partial charge in [-0.1, -0.05) is 13.8 Å². The number of carbonyl (C=O) groups is 1. The summed E-state index contributed by atoms with van der Waals surface area (Å²) in [5.74, 6) is 0.227. The quantitative estimate of drug-likeness (QED) is 0.798. The number of rotatable bonds is 4. The summed E-state index contributed by atoms with van der Waals surface area (Å²) < 4.78 is 5.63. The van der Waals surface area contributed by atoms with Gasteiger partial charge in [0.15, 0.2) is 0 Å². The van der Waals surface area contributed by atoms with Gasteiger partial charge in [-0.05, 0) is 20.0 Å². The van der Waals surface area contributed by atoms with E-state index < -0.39 is 6.04 Å². The summed E-state index contributed by atoms with van der Waals surface area (Å²) in [4.78, 5) is 16.0. The largest absolute Gasteiger partial charge is 0.373 e. The van der Waals surface area contributed by atoms with E-state index in [1.54, 1.807) is 0 Å². The minimum Gasteiger partial charge on any atom is -0.373 e. The van der Waals surface area contributed by atoms with E-state index in [-0.39, 0.29) is 30.3 Å². The van der Waals surface area contributed by atoms with Gasteiger partial charge in [0.1, 0.15) is 0 Å². The van der Waals surface area contributed by atoms with E-state index in [2.05, 4.69) is 4.90 Å². The number of likely N-dealkylation sites (N-methyl/N-ethyl adjacent to an activating group) is 1. The van der Waals surface area contributed by atoms with E-state index in [1.165, 1.54) is 0 Å². The third kappa shape index (κ3) is 5.10. The first-order valence-electron chi connectivity index (χ1n) is 6.22. The molecule has 0 aromatic rings. The fraction of sp³-hybridized carbons (Fsp3) is 0.917. The second-order valence-electron chi connectivity index (χ2n) is 5.31. The Balaban J connectivity index is 0.00000289. The molecule has 2 atom stereocenters. The molecule has 0 spiro atoms. The van der Waals surface area contributed by atoms with Crippen molar-refractivity contribution in [1.82, 2.24) is 9.80 Å². The Morgan fingerprint density at radius 2 is 2.11 bits per heavy atom. The number of hydrogen-bond donors (Lipinski definition) is 1. The Labute approximate surface area is 116 Å². The molecule has 1 amide bonds. The number of nitrogens with zero attached hydrogens (tertiary/aromatic N) is 2. The number of morpholine rings is 1. The minimum absolute atomic E-state index is 0. The average Bonchev–Trinajstić information content (AvgIpc) is 2.26. The van der Waals surface area contributed by atoms with E-state index in [0.717, 1.165) is 6.54 Å². The van der Waals surface area contributed by atoms with Crippen molar-refractivity contribution in [2.75, 3.05) is 40.3 Å². The van der Waals surface area contributed by atoms with E-state index in [9.17, 15) is 4.79 Å². The van der Waals surface area contributed by atoms with Gasteiger partial charge >= 0.3 is 0 Å². The van der Waals surface area contributed by atoms with Gasteiger partial charge in [-0.25, -0.2) is 0 Å². The Bertz CT molecular complexity index is 262. The van der Waals surface area contributed by atoms with Crippen LogP contribution in [0.2, 0.25) is 0 Å². The van der Waals surface area contributed by atoms with Crippen molar-refractivity contribution in [3.63, 3.8) is 0 Å². The Morgan fingerprint density at radius 3 is 2.61 bits per heavy atom. The molecule has 108 valence electrons. The zero-order valence-electron chi connectivity index (χ0n) is 11.8. The minimum atomic E-state index is -0.395. The van der Waals surface area contributed by atoms with Gasteiger partial charge in [0.25, 0.3) is 0 Å². The van der Waals surface area contributed by atoms with Crippen LogP contribution in [0.1, 0.15) is 13.8 Å². The molecule has 0 aromatic heterocycles. The van der Waals surface area contributed by atoms with Crippen molar-refractivity contribution in [1.29, 1.82) is 0 Å². The van der Waals surface area contributed by atoms with Gasteiger partial charge in [-0.3, -0.25) is 4.79 Å². The Hall–Kier alpha value is -0.360. The number of nitrogens with two attached hydrogens (primary N) is 1. The van der Waals surface area contributed by atoms with E-state index in [0.29, 0.717) is 19.7 Å². The Kier molecular flexibility index (Phi) is 7.78.